The standard InChI is InChI=1S/C14H16ClNO/c15-12-7-11(8-13(16)9-12)14(17)10-5-3-1-2-4-6-10/h5,7-9H,1-4,6,16H2. The summed E-state index contributed by atoms with van der Waals surface area (Å²) in [7, 11) is 0. The third-order valence-electron chi connectivity index (χ3n) is 3.01. The van der Waals surface area contributed by atoms with Gasteiger partial charge < -0.3 is 5.73 Å². The third kappa shape index (κ3) is 3.10. The van der Waals surface area contributed by atoms with E-state index in [1.807, 2.05) is 0 Å². The quantitative estimate of drug-likeness (QED) is 0.636. The van der Waals surface area contributed by atoms with Gasteiger partial charge in [0.05, 0.1) is 0 Å². The van der Waals surface area contributed by atoms with Gasteiger partial charge in [-0.05, 0) is 49.5 Å². The van der Waals surface area contributed by atoms with Crippen LogP contribution in [0.3, 0.4) is 0 Å². The first-order chi connectivity index (χ1) is 8.16. The number of benzene rings is 1. The Morgan fingerprint density at radius 2 is 2.00 bits per heavy atom. The summed E-state index contributed by atoms with van der Waals surface area (Å²) in [6.45, 7) is 0. The average molecular weight is 250 g/mol. The van der Waals surface area contributed by atoms with Crippen LogP contribution in [0.5, 0.6) is 0 Å². The molecule has 90 valence electrons. The van der Waals surface area contributed by atoms with Crippen LogP contribution < -0.4 is 5.73 Å². The Morgan fingerprint density at radius 3 is 2.76 bits per heavy atom. The summed E-state index contributed by atoms with van der Waals surface area (Å²) in [6, 6.07) is 5.03. The van der Waals surface area contributed by atoms with Crippen molar-refractivity contribution in [3.63, 3.8) is 0 Å². The second-order valence-corrected chi connectivity index (χ2v) is 4.87. The summed E-state index contributed by atoms with van der Waals surface area (Å²) in [5, 5.41) is 0.516. The lowest BCUT2D eigenvalue weighted by Gasteiger charge is -2.06. The predicted molar refractivity (Wildman–Crippen MR) is 71.4 cm³/mol. The third-order valence-corrected chi connectivity index (χ3v) is 3.23. The number of anilines is 1. The molecule has 0 amide bonds. The largest absolute Gasteiger partial charge is 0.399 e. The summed E-state index contributed by atoms with van der Waals surface area (Å²) < 4.78 is 0. The molecular weight excluding hydrogens is 234 g/mol. The van der Waals surface area contributed by atoms with Crippen LogP contribution in [0.15, 0.2) is 29.8 Å². The lowest BCUT2D eigenvalue weighted by molar-refractivity contribution is 0.103. The van der Waals surface area contributed by atoms with E-state index in [2.05, 4.69) is 6.08 Å². The number of halogens is 1. The van der Waals surface area contributed by atoms with Crippen LogP contribution in [0.4, 0.5) is 5.69 Å². The van der Waals surface area contributed by atoms with Gasteiger partial charge in [0.15, 0.2) is 5.78 Å². The topological polar surface area (TPSA) is 43.1 Å². The van der Waals surface area contributed by atoms with E-state index in [1.165, 1.54) is 12.8 Å². The summed E-state index contributed by atoms with van der Waals surface area (Å²) in [5.41, 5.74) is 7.75. The molecule has 2 nitrogen and oxygen atoms in total. The van der Waals surface area contributed by atoms with E-state index in [1.54, 1.807) is 18.2 Å². The number of ketones is 1. The number of rotatable bonds is 2. The van der Waals surface area contributed by atoms with E-state index in [0.29, 0.717) is 16.3 Å². The van der Waals surface area contributed by atoms with E-state index in [4.69, 9.17) is 17.3 Å². The molecule has 0 bridgehead atoms. The van der Waals surface area contributed by atoms with Crippen LogP contribution in [-0.4, -0.2) is 5.78 Å². The molecule has 1 aromatic carbocycles. The van der Waals surface area contributed by atoms with Crippen LogP contribution in [-0.2, 0) is 0 Å². The molecule has 0 heterocycles. The monoisotopic (exact) mass is 249 g/mol. The number of carbonyl (C=O) groups is 1. The fraction of sp³-hybridized carbons (Fsp3) is 0.357. The maximum Gasteiger partial charge on any atom is 0.188 e. The number of carbonyl (C=O) groups excluding carboxylic acids is 1. The lowest BCUT2D eigenvalue weighted by atomic mass is 9.99. The fourth-order valence-electron chi connectivity index (χ4n) is 2.15. The summed E-state index contributed by atoms with van der Waals surface area (Å²) >= 11 is 5.91. The van der Waals surface area contributed by atoms with E-state index < -0.39 is 0 Å². The average Bonchev–Trinajstić information content (AvgIpc) is 2.55. The van der Waals surface area contributed by atoms with Gasteiger partial charge in [0, 0.05) is 16.3 Å². The van der Waals surface area contributed by atoms with Crippen molar-refractivity contribution in [2.75, 3.05) is 5.73 Å². The van der Waals surface area contributed by atoms with Crippen LogP contribution in [0.2, 0.25) is 5.02 Å². The molecular formula is C14H16ClNO. The van der Waals surface area contributed by atoms with Crippen LogP contribution >= 0.6 is 11.6 Å². The Kier molecular flexibility index (Phi) is 3.85. The second kappa shape index (κ2) is 5.37. The van der Waals surface area contributed by atoms with Crippen LogP contribution in [0.1, 0.15) is 42.5 Å². The highest BCUT2D eigenvalue weighted by Gasteiger charge is 2.14. The fourth-order valence-corrected chi connectivity index (χ4v) is 2.39. The van der Waals surface area contributed by atoms with Crippen molar-refractivity contribution < 1.29 is 4.79 Å². The molecule has 1 aliphatic rings. The molecule has 1 aromatic rings. The van der Waals surface area contributed by atoms with Gasteiger partial charge in [0.1, 0.15) is 0 Å². The molecule has 0 saturated carbocycles. The van der Waals surface area contributed by atoms with Gasteiger partial charge in [0.2, 0.25) is 0 Å². The van der Waals surface area contributed by atoms with Gasteiger partial charge >= 0.3 is 0 Å². The molecule has 0 fully saturated rings. The highest BCUT2D eigenvalue weighted by atomic mass is 35.5. The zero-order valence-electron chi connectivity index (χ0n) is 9.71. The maximum atomic E-state index is 12.3. The Morgan fingerprint density at radius 1 is 1.18 bits per heavy atom. The zero-order chi connectivity index (χ0) is 12.3. The molecule has 0 aliphatic heterocycles. The molecule has 0 aromatic heterocycles. The van der Waals surface area contributed by atoms with Crippen molar-refractivity contribution in [3.8, 4) is 0 Å². The minimum absolute atomic E-state index is 0.0705. The molecule has 3 heteroatoms. The Balaban J connectivity index is 2.26. The van der Waals surface area contributed by atoms with Crippen molar-refractivity contribution in [1.29, 1.82) is 0 Å². The van der Waals surface area contributed by atoms with Crippen molar-refractivity contribution in [1.82, 2.24) is 0 Å². The zero-order valence-corrected chi connectivity index (χ0v) is 10.5. The number of nitrogen functional groups attached to an aromatic ring is 1. The number of allylic oxidation sites excluding steroid dienone is 2. The SMILES string of the molecule is Nc1cc(Cl)cc(C(=O)C2=CCCCCC2)c1. The van der Waals surface area contributed by atoms with Gasteiger partial charge in [-0.25, -0.2) is 0 Å². The molecule has 17 heavy (non-hydrogen) atoms. The first-order valence-corrected chi connectivity index (χ1v) is 6.34. The molecule has 0 unspecified atom stereocenters. The molecule has 0 saturated heterocycles. The van der Waals surface area contributed by atoms with E-state index in [9.17, 15) is 4.79 Å². The van der Waals surface area contributed by atoms with Gasteiger partial charge in [0.25, 0.3) is 0 Å². The van der Waals surface area contributed by atoms with Gasteiger partial charge in [-0.3, -0.25) is 4.79 Å². The Labute approximate surface area is 106 Å². The number of hydrogen-bond acceptors (Lipinski definition) is 2. The van der Waals surface area contributed by atoms with Gasteiger partial charge in [-0.2, -0.15) is 0 Å². The van der Waals surface area contributed by atoms with Crippen LogP contribution in [0.25, 0.3) is 0 Å². The van der Waals surface area contributed by atoms with E-state index >= 15 is 0 Å². The smallest absolute Gasteiger partial charge is 0.188 e. The van der Waals surface area contributed by atoms with Crippen molar-refractivity contribution in [3.05, 3.63) is 40.4 Å². The first-order valence-electron chi connectivity index (χ1n) is 5.96. The van der Waals surface area contributed by atoms with Gasteiger partial charge in [-0.15, -0.1) is 0 Å². The van der Waals surface area contributed by atoms with Crippen molar-refractivity contribution >= 4 is 23.1 Å². The maximum absolute atomic E-state index is 12.3. The molecule has 2 N–H and O–H groups in total. The number of hydrogen-bond donors (Lipinski definition) is 1. The minimum atomic E-state index is 0.0705. The van der Waals surface area contributed by atoms with Gasteiger partial charge in [-0.1, -0.05) is 24.1 Å². The molecule has 0 atom stereocenters. The normalized spacial score (nSPS) is 16.2. The first kappa shape index (κ1) is 12.2. The van der Waals surface area contributed by atoms with Crippen LogP contribution in [0, 0.1) is 0 Å². The number of nitrogens with two attached hydrogens (primary N) is 1. The van der Waals surface area contributed by atoms with Crippen molar-refractivity contribution in [2.45, 2.75) is 32.1 Å². The second-order valence-electron chi connectivity index (χ2n) is 4.43. The highest BCUT2D eigenvalue weighted by Crippen LogP contribution is 2.24. The van der Waals surface area contributed by atoms with Crippen molar-refractivity contribution in [2.24, 2.45) is 0 Å². The lowest BCUT2D eigenvalue weighted by Crippen LogP contribution is -2.04. The van der Waals surface area contributed by atoms with E-state index in [-0.39, 0.29) is 5.78 Å². The Hall–Kier alpha value is -1.28. The van der Waals surface area contributed by atoms with E-state index in [0.717, 1.165) is 24.8 Å². The molecule has 2 rings (SSSR count). The predicted octanol–water partition coefficient (Wildman–Crippen LogP) is 4.00. The minimum Gasteiger partial charge on any atom is -0.399 e. The Bertz CT molecular complexity index is 445. The summed E-state index contributed by atoms with van der Waals surface area (Å²) in [4.78, 5) is 12.3. The highest BCUT2D eigenvalue weighted by molar-refractivity contribution is 6.31. The number of Topliss-reactive ketones (excluding diaryl/α,β-unsaturated/α-hetero) is 1. The summed E-state index contributed by atoms with van der Waals surface area (Å²) in [6.07, 6.45) is 7.39. The molecule has 0 radical (unpaired) electrons. The molecule has 1 aliphatic carbocycles. The molecule has 0 spiro atoms. The summed E-state index contributed by atoms with van der Waals surface area (Å²) in [5.74, 6) is 0.0705.